The average Bonchev–Trinajstić information content (AvgIpc) is 2.58. The first kappa shape index (κ1) is 19.8. The minimum atomic E-state index is -0.834. The summed E-state index contributed by atoms with van der Waals surface area (Å²) < 4.78 is 4.73. The molecule has 1 rings (SSSR count). The van der Waals surface area contributed by atoms with Gasteiger partial charge in [-0.1, -0.05) is 12.1 Å². The lowest BCUT2D eigenvalue weighted by Gasteiger charge is -2.12. The number of carbonyl (C=O) groups excluding carboxylic acids is 3. The first-order valence-corrected chi connectivity index (χ1v) is 7.50. The summed E-state index contributed by atoms with van der Waals surface area (Å²) in [5, 5.41) is 15.8. The molecule has 1 aromatic carbocycles. The van der Waals surface area contributed by atoms with Crippen LogP contribution < -0.4 is 10.6 Å². The Morgan fingerprint density at radius 3 is 2.64 bits per heavy atom. The standard InChI is InChI=1S/C16H19N3O6/c1-3-17-16(22)11(2)18-14(20)10-25-15(21)9-8-12-6-4-5-7-13(12)19(23)24/h4-9,11H,3,10H2,1-2H3,(H,17,22)(H,18,20)/b9-8+/t11-/m0/s1. The van der Waals surface area contributed by atoms with Gasteiger partial charge in [-0.05, 0) is 26.0 Å². The molecule has 2 amide bonds. The topological polar surface area (TPSA) is 128 Å². The van der Waals surface area contributed by atoms with E-state index in [1.54, 1.807) is 13.0 Å². The van der Waals surface area contributed by atoms with Crippen molar-refractivity contribution in [1.29, 1.82) is 0 Å². The van der Waals surface area contributed by atoms with Crippen LogP contribution in [0.2, 0.25) is 0 Å². The lowest BCUT2D eigenvalue weighted by Crippen LogP contribution is -2.46. The zero-order valence-corrected chi connectivity index (χ0v) is 13.9. The minimum absolute atomic E-state index is 0.153. The summed E-state index contributed by atoms with van der Waals surface area (Å²) in [5.41, 5.74) is 0.0822. The van der Waals surface area contributed by atoms with Crippen LogP contribution in [-0.4, -0.2) is 41.9 Å². The first-order chi connectivity index (χ1) is 11.8. The summed E-state index contributed by atoms with van der Waals surface area (Å²) in [6, 6.07) is 5.13. The van der Waals surface area contributed by atoms with Gasteiger partial charge < -0.3 is 15.4 Å². The number of esters is 1. The Hall–Kier alpha value is -3.23. The summed E-state index contributed by atoms with van der Waals surface area (Å²) in [4.78, 5) is 44.9. The van der Waals surface area contributed by atoms with Crippen molar-refractivity contribution in [2.75, 3.05) is 13.2 Å². The van der Waals surface area contributed by atoms with Gasteiger partial charge in [0.05, 0.1) is 10.5 Å². The Kier molecular flexibility index (Phi) is 7.77. The van der Waals surface area contributed by atoms with Crippen molar-refractivity contribution in [3.05, 3.63) is 46.0 Å². The zero-order valence-electron chi connectivity index (χ0n) is 13.9. The molecule has 134 valence electrons. The highest BCUT2D eigenvalue weighted by Crippen LogP contribution is 2.18. The van der Waals surface area contributed by atoms with Crippen molar-refractivity contribution in [2.45, 2.75) is 19.9 Å². The molecule has 2 N–H and O–H groups in total. The summed E-state index contributed by atoms with van der Waals surface area (Å²) in [7, 11) is 0. The molecule has 1 atom stereocenters. The van der Waals surface area contributed by atoms with Crippen LogP contribution in [0, 0.1) is 10.1 Å². The number of rotatable bonds is 8. The maximum Gasteiger partial charge on any atom is 0.331 e. The molecule has 1 aromatic rings. The fourth-order valence-corrected chi connectivity index (χ4v) is 1.81. The third-order valence-electron chi connectivity index (χ3n) is 3.00. The average molecular weight is 349 g/mol. The van der Waals surface area contributed by atoms with Crippen molar-refractivity contribution < 1.29 is 24.0 Å². The Morgan fingerprint density at radius 1 is 1.32 bits per heavy atom. The summed E-state index contributed by atoms with van der Waals surface area (Å²) in [6.07, 6.45) is 2.22. The van der Waals surface area contributed by atoms with Crippen molar-refractivity contribution in [3.63, 3.8) is 0 Å². The van der Waals surface area contributed by atoms with Gasteiger partial charge in [0.1, 0.15) is 6.04 Å². The van der Waals surface area contributed by atoms with Gasteiger partial charge in [-0.3, -0.25) is 19.7 Å². The number of nitro benzene ring substituents is 1. The van der Waals surface area contributed by atoms with E-state index in [0.717, 1.165) is 6.08 Å². The van der Waals surface area contributed by atoms with Crippen LogP contribution in [0.25, 0.3) is 6.08 Å². The molecule has 0 fully saturated rings. The molecule has 25 heavy (non-hydrogen) atoms. The monoisotopic (exact) mass is 349 g/mol. The van der Waals surface area contributed by atoms with E-state index >= 15 is 0 Å². The SMILES string of the molecule is CCNC(=O)[C@H](C)NC(=O)COC(=O)/C=C/c1ccccc1[N+](=O)[O-]. The normalized spacial score (nSPS) is 11.6. The number of hydrogen-bond acceptors (Lipinski definition) is 6. The third kappa shape index (κ3) is 6.81. The number of likely N-dealkylation sites (N-methyl/N-ethyl adjacent to an activating group) is 1. The van der Waals surface area contributed by atoms with E-state index in [1.807, 2.05) is 0 Å². The van der Waals surface area contributed by atoms with Crippen LogP contribution in [0.3, 0.4) is 0 Å². The maximum absolute atomic E-state index is 11.6. The number of nitrogens with zero attached hydrogens (tertiary/aromatic N) is 1. The predicted octanol–water partition coefficient (Wildman–Crippen LogP) is 0.792. The number of para-hydroxylation sites is 1. The molecule has 0 spiro atoms. The van der Waals surface area contributed by atoms with Gasteiger partial charge in [-0.2, -0.15) is 0 Å². The van der Waals surface area contributed by atoms with E-state index in [4.69, 9.17) is 4.74 Å². The predicted molar refractivity (Wildman–Crippen MR) is 89.4 cm³/mol. The van der Waals surface area contributed by atoms with E-state index in [9.17, 15) is 24.5 Å². The summed E-state index contributed by atoms with van der Waals surface area (Å²) in [6.45, 7) is 3.12. The van der Waals surface area contributed by atoms with Crippen LogP contribution >= 0.6 is 0 Å². The van der Waals surface area contributed by atoms with Gasteiger partial charge in [0.25, 0.3) is 11.6 Å². The second kappa shape index (κ2) is 9.81. The number of benzene rings is 1. The number of amides is 2. The molecule has 0 aromatic heterocycles. The highest BCUT2D eigenvalue weighted by molar-refractivity contribution is 5.91. The van der Waals surface area contributed by atoms with E-state index in [-0.39, 0.29) is 17.2 Å². The molecule has 0 saturated heterocycles. The van der Waals surface area contributed by atoms with Gasteiger partial charge in [-0.15, -0.1) is 0 Å². The largest absolute Gasteiger partial charge is 0.452 e. The van der Waals surface area contributed by atoms with Crippen LogP contribution in [0.15, 0.2) is 30.3 Å². The van der Waals surface area contributed by atoms with Crippen molar-refractivity contribution >= 4 is 29.5 Å². The molecular formula is C16H19N3O6. The van der Waals surface area contributed by atoms with E-state index < -0.39 is 29.4 Å². The molecule has 9 heteroatoms. The number of ether oxygens (including phenoxy) is 1. The second-order valence-corrected chi connectivity index (χ2v) is 4.94. The highest BCUT2D eigenvalue weighted by Gasteiger charge is 2.15. The fraction of sp³-hybridized carbons (Fsp3) is 0.312. The molecule has 0 heterocycles. The lowest BCUT2D eigenvalue weighted by molar-refractivity contribution is -0.385. The van der Waals surface area contributed by atoms with Crippen molar-refractivity contribution in [1.82, 2.24) is 10.6 Å². The van der Waals surface area contributed by atoms with Gasteiger partial charge in [0.2, 0.25) is 5.91 Å². The molecule has 0 unspecified atom stereocenters. The van der Waals surface area contributed by atoms with Gasteiger partial charge in [-0.25, -0.2) is 4.79 Å². The van der Waals surface area contributed by atoms with Crippen molar-refractivity contribution in [2.24, 2.45) is 0 Å². The Morgan fingerprint density at radius 2 is 2.00 bits per heavy atom. The van der Waals surface area contributed by atoms with Gasteiger partial charge in [0, 0.05) is 18.7 Å². The molecule has 0 bridgehead atoms. The van der Waals surface area contributed by atoms with E-state index in [1.165, 1.54) is 31.2 Å². The Labute approximate surface area is 144 Å². The van der Waals surface area contributed by atoms with Gasteiger partial charge >= 0.3 is 5.97 Å². The van der Waals surface area contributed by atoms with Crippen LogP contribution in [-0.2, 0) is 19.1 Å². The molecule has 0 saturated carbocycles. The maximum atomic E-state index is 11.6. The fourth-order valence-electron chi connectivity index (χ4n) is 1.81. The molecule has 9 nitrogen and oxygen atoms in total. The number of nitro groups is 1. The molecule has 0 radical (unpaired) electrons. The Bertz CT molecular complexity index is 686. The Balaban J connectivity index is 2.51. The van der Waals surface area contributed by atoms with Crippen molar-refractivity contribution in [3.8, 4) is 0 Å². The van der Waals surface area contributed by atoms with Crippen LogP contribution in [0.1, 0.15) is 19.4 Å². The lowest BCUT2D eigenvalue weighted by atomic mass is 10.1. The number of nitrogens with one attached hydrogen (secondary N) is 2. The zero-order chi connectivity index (χ0) is 18.8. The highest BCUT2D eigenvalue weighted by atomic mass is 16.6. The van der Waals surface area contributed by atoms with Crippen LogP contribution in [0.5, 0.6) is 0 Å². The summed E-state index contributed by atoms with van der Waals surface area (Å²) in [5.74, 6) is -1.82. The molecule has 0 aliphatic heterocycles. The third-order valence-corrected chi connectivity index (χ3v) is 3.00. The minimum Gasteiger partial charge on any atom is -0.452 e. The van der Waals surface area contributed by atoms with Gasteiger partial charge in [0.15, 0.2) is 6.61 Å². The molecular weight excluding hydrogens is 330 g/mol. The first-order valence-electron chi connectivity index (χ1n) is 7.50. The number of carbonyl (C=O) groups is 3. The molecule has 0 aliphatic carbocycles. The van der Waals surface area contributed by atoms with E-state index in [0.29, 0.717) is 6.54 Å². The quantitative estimate of drug-likeness (QED) is 0.309. The second-order valence-electron chi connectivity index (χ2n) is 4.94. The number of hydrogen-bond donors (Lipinski definition) is 2. The van der Waals surface area contributed by atoms with Crippen LogP contribution in [0.4, 0.5) is 5.69 Å². The summed E-state index contributed by atoms with van der Waals surface area (Å²) >= 11 is 0. The smallest absolute Gasteiger partial charge is 0.331 e. The molecule has 0 aliphatic rings. The van der Waals surface area contributed by atoms with E-state index in [2.05, 4.69) is 10.6 Å².